The SMILES string of the molecule is COCCOCOc1ccc(C(C#N)CCO)cc1. The number of aliphatic hydroxyl groups is 1. The predicted molar refractivity (Wildman–Crippen MR) is 69.8 cm³/mol. The van der Waals surface area contributed by atoms with Crippen molar-refractivity contribution in [3.8, 4) is 11.8 Å². The fourth-order valence-electron chi connectivity index (χ4n) is 1.54. The van der Waals surface area contributed by atoms with Gasteiger partial charge in [0.05, 0.1) is 25.2 Å². The lowest BCUT2D eigenvalue weighted by Crippen LogP contribution is -2.07. The molecule has 5 heteroatoms. The molecule has 0 saturated heterocycles. The molecule has 0 aromatic heterocycles. The first-order valence-electron chi connectivity index (χ1n) is 6.11. The molecule has 0 fully saturated rings. The van der Waals surface area contributed by atoms with Gasteiger partial charge in [0, 0.05) is 13.7 Å². The standard InChI is InChI=1S/C14H19NO4/c1-17-8-9-18-11-19-14-4-2-12(3-5-14)13(10-15)6-7-16/h2-5,13,16H,6-9,11H2,1H3. The van der Waals surface area contributed by atoms with E-state index in [4.69, 9.17) is 24.6 Å². The summed E-state index contributed by atoms with van der Waals surface area (Å²) >= 11 is 0. The average molecular weight is 265 g/mol. The van der Waals surface area contributed by atoms with Gasteiger partial charge < -0.3 is 19.3 Å². The van der Waals surface area contributed by atoms with Gasteiger partial charge in [0.15, 0.2) is 6.79 Å². The lowest BCUT2D eigenvalue weighted by Gasteiger charge is -2.10. The molecule has 1 N–H and O–H groups in total. The van der Waals surface area contributed by atoms with Crippen LogP contribution >= 0.6 is 0 Å². The Morgan fingerprint density at radius 2 is 2.00 bits per heavy atom. The molecule has 1 unspecified atom stereocenters. The zero-order chi connectivity index (χ0) is 13.9. The van der Waals surface area contributed by atoms with Crippen LogP contribution in [-0.2, 0) is 9.47 Å². The van der Waals surface area contributed by atoms with Crippen LogP contribution in [0.25, 0.3) is 0 Å². The van der Waals surface area contributed by atoms with E-state index in [0.29, 0.717) is 25.4 Å². The largest absolute Gasteiger partial charge is 0.468 e. The summed E-state index contributed by atoms with van der Waals surface area (Å²) in [5.74, 6) is 0.402. The molecule has 0 saturated carbocycles. The Labute approximate surface area is 113 Å². The number of methoxy groups -OCH3 is 1. The highest BCUT2D eigenvalue weighted by atomic mass is 16.7. The second-order valence-electron chi connectivity index (χ2n) is 3.93. The molecule has 0 radical (unpaired) electrons. The minimum Gasteiger partial charge on any atom is -0.468 e. The molecular formula is C14H19NO4. The Balaban J connectivity index is 2.41. The van der Waals surface area contributed by atoms with Gasteiger partial charge in [0.2, 0.25) is 0 Å². The first-order chi connectivity index (χ1) is 9.31. The number of nitrogens with zero attached hydrogens (tertiary/aromatic N) is 1. The Bertz CT molecular complexity index is 385. The molecule has 19 heavy (non-hydrogen) atoms. The zero-order valence-corrected chi connectivity index (χ0v) is 11.0. The van der Waals surface area contributed by atoms with Crippen molar-refractivity contribution in [2.24, 2.45) is 0 Å². The van der Waals surface area contributed by atoms with Crippen molar-refractivity contribution in [2.45, 2.75) is 12.3 Å². The third-order valence-corrected chi connectivity index (χ3v) is 2.60. The maximum Gasteiger partial charge on any atom is 0.189 e. The molecule has 0 aliphatic rings. The van der Waals surface area contributed by atoms with Gasteiger partial charge in [-0.15, -0.1) is 0 Å². The molecule has 1 rings (SSSR count). The Morgan fingerprint density at radius 1 is 1.26 bits per heavy atom. The van der Waals surface area contributed by atoms with Crippen LogP contribution in [-0.4, -0.2) is 38.8 Å². The lowest BCUT2D eigenvalue weighted by atomic mass is 9.98. The highest BCUT2D eigenvalue weighted by molar-refractivity contribution is 5.31. The van der Waals surface area contributed by atoms with Crippen molar-refractivity contribution in [3.63, 3.8) is 0 Å². The van der Waals surface area contributed by atoms with Crippen molar-refractivity contribution in [3.05, 3.63) is 29.8 Å². The van der Waals surface area contributed by atoms with Crippen molar-refractivity contribution in [1.82, 2.24) is 0 Å². The average Bonchev–Trinajstić information content (AvgIpc) is 2.45. The smallest absolute Gasteiger partial charge is 0.189 e. The predicted octanol–water partition coefficient (Wildman–Crippen LogP) is 1.68. The van der Waals surface area contributed by atoms with Gasteiger partial charge in [0.1, 0.15) is 5.75 Å². The van der Waals surface area contributed by atoms with Gasteiger partial charge in [-0.1, -0.05) is 12.1 Å². The number of aliphatic hydroxyl groups excluding tert-OH is 1. The molecule has 5 nitrogen and oxygen atoms in total. The van der Waals surface area contributed by atoms with Crippen LogP contribution in [0.3, 0.4) is 0 Å². The molecule has 0 amide bonds. The summed E-state index contributed by atoms with van der Waals surface area (Å²) in [6.07, 6.45) is 0.441. The second-order valence-corrected chi connectivity index (χ2v) is 3.93. The van der Waals surface area contributed by atoms with E-state index in [1.165, 1.54) is 0 Å². The quantitative estimate of drug-likeness (QED) is 0.543. The fourth-order valence-corrected chi connectivity index (χ4v) is 1.54. The van der Waals surface area contributed by atoms with E-state index in [9.17, 15) is 0 Å². The van der Waals surface area contributed by atoms with Crippen LogP contribution < -0.4 is 4.74 Å². The van der Waals surface area contributed by atoms with Crippen LogP contribution in [0.1, 0.15) is 17.9 Å². The summed E-state index contributed by atoms with van der Waals surface area (Å²) < 4.78 is 15.4. The molecule has 0 aliphatic heterocycles. The van der Waals surface area contributed by atoms with E-state index in [-0.39, 0.29) is 19.3 Å². The maximum atomic E-state index is 8.98. The van der Waals surface area contributed by atoms with Crippen LogP contribution in [0.15, 0.2) is 24.3 Å². The zero-order valence-electron chi connectivity index (χ0n) is 11.0. The highest BCUT2D eigenvalue weighted by Gasteiger charge is 2.09. The summed E-state index contributed by atoms with van der Waals surface area (Å²) in [6, 6.07) is 9.40. The third kappa shape index (κ3) is 5.71. The first kappa shape index (κ1) is 15.4. The monoisotopic (exact) mass is 265 g/mol. The molecule has 104 valence electrons. The van der Waals surface area contributed by atoms with E-state index in [0.717, 1.165) is 5.56 Å². The number of rotatable bonds is 9. The molecule has 1 aromatic carbocycles. The molecule has 0 aliphatic carbocycles. The molecule has 1 aromatic rings. The van der Waals surface area contributed by atoms with Crippen LogP contribution in [0.5, 0.6) is 5.75 Å². The number of benzene rings is 1. The van der Waals surface area contributed by atoms with E-state index in [1.54, 1.807) is 19.2 Å². The van der Waals surface area contributed by atoms with Gasteiger partial charge in [-0.3, -0.25) is 0 Å². The Hall–Kier alpha value is -1.61. The Kier molecular flexibility index (Phi) is 7.59. The van der Waals surface area contributed by atoms with Gasteiger partial charge in [0.25, 0.3) is 0 Å². The highest BCUT2D eigenvalue weighted by Crippen LogP contribution is 2.21. The van der Waals surface area contributed by atoms with Gasteiger partial charge >= 0.3 is 0 Å². The minimum atomic E-state index is -0.281. The van der Waals surface area contributed by atoms with Crippen molar-refractivity contribution in [2.75, 3.05) is 33.7 Å². The normalized spacial score (nSPS) is 11.8. The summed E-state index contributed by atoms with van der Waals surface area (Å²) in [6.45, 7) is 1.19. The van der Waals surface area contributed by atoms with Gasteiger partial charge in [-0.2, -0.15) is 5.26 Å². The minimum absolute atomic E-state index is 0.00379. The maximum absolute atomic E-state index is 8.98. The van der Waals surface area contributed by atoms with E-state index in [2.05, 4.69) is 6.07 Å². The van der Waals surface area contributed by atoms with Crippen molar-refractivity contribution < 1.29 is 19.3 Å². The third-order valence-electron chi connectivity index (χ3n) is 2.60. The number of hydrogen-bond acceptors (Lipinski definition) is 5. The molecular weight excluding hydrogens is 246 g/mol. The first-order valence-corrected chi connectivity index (χ1v) is 6.11. The van der Waals surface area contributed by atoms with Crippen LogP contribution in [0.2, 0.25) is 0 Å². The molecule has 0 bridgehead atoms. The number of hydrogen-bond donors (Lipinski definition) is 1. The summed E-state index contributed by atoms with van der Waals surface area (Å²) in [7, 11) is 1.61. The topological polar surface area (TPSA) is 71.7 Å². The van der Waals surface area contributed by atoms with Crippen LogP contribution in [0.4, 0.5) is 0 Å². The summed E-state index contributed by atoms with van der Waals surface area (Å²) in [5.41, 5.74) is 0.879. The number of nitriles is 1. The van der Waals surface area contributed by atoms with E-state index < -0.39 is 0 Å². The second kappa shape index (κ2) is 9.34. The summed E-state index contributed by atoms with van der Waals surface area (Å²) in [4.78, 5) is 0. The van der Waals surface area contributed by atoms with Gasteiger partial charge in [-0.05, 0) is 24.1 Å². The van der Waals surface area contributed by atoms with Crippen molar-refractivity contribution >= 4 is 0 Å². The number of ether oxygens (including phenoxy) is 3. The molecule has 0 spiro atoms. The van der Waals surface area contributed by atoms with Gasteiger partial charge in [-0.25, -0.2) is 0 Å². The lowest BCUT2D eigenvalue weighted by molar-refractivity contribution is -0.00847. The van der Waals surface area contributed by atoms with Crippen molar-refractivity contribution in [1.29, 1.82) is 5.26 Å². The fraction of sp³-hybridized carbons (Fsp3) is 0.500. The molecule has 0 heterocycles. The Morgan fingerprint density at radius 3 is 2.58 bits per heavy atom. The molecule has 1 atom stereocenters. The van der Waals surface area contributed by atoms with E-state index in [1.807, 2.05) is 12.1 Å². The van der Waals surface area contributed by atoms with E-state index >= 15 is 0 Å². The summed E-state index contributed by atoms with van der Waals surface area (Å²) in [5, 5.41) is 17.8. The van der Waals surface area contributed by atoms with Crippen LogP contribution in [0, 0.1) is 11.3 Å².